The number of aromatic nitrogens is 3. The van der Waals surface area contributed by atoms with E-state index in [-0.39, 0.29) is 39.6 Å². The van der Waals surface area contributed by atoms with Crippen LogP contribution in [0.15, 0.2) is 52.1 Å². The van der Waals surface area contributed by atoms with E-state index in [0.29, 0.717) is 18.4 Å². The Morgan fingerprint density at radius 1 is 1.11 bits per heavy atom. The summed E-state index contributed by atoms with van der Waals surface area (Å²) in [6.07, 6.45) is 1.35. The number of non-ortho nitro benzene ring substituents is 1. The second-order valence-corrected chi connectivity index (χ2v) is 8.52. The molecule has 1 aliphatic carbocycles. The fourth-order valence-corrected chi connectivity index (χ4v) is 4.05. The predicted molar refractivity (Wildman–Crippen MR) is 126 cm³/mol. The van der Waals surface area contributed by atoms with Crippen LogP contribution >= 0.6 is 0 Å². The Hall–Kier alpha value is -4.41. The SMILES string of the molecule is Cc1ccc(Nc2c(F)c(=O)n(C)c3c(-c4cccc([N+](=O)[O-])c4)nn(C4CC4)c(=O)c23)c(F)c1. The van der Waals surface area contributed by atoms with Crippen molar-refractivity contribution >= 4 is 28.0 Å². The average molecular weight is 479 g/mol. The first kappa shape index (κ1) is 22.4. The van der Waals surface area contributed by atoms with Crippen molar-refractivity contribution in [2.24, 2.45) is 7.05 Å². The van der Waals surface area contributed by atoms with Gasteiger partial charge in [-0.2, -0.15) is 9.49 Å². The molecule has 0 bridgehead atoms. The second-order valence-electron chi connectivity index (χ2n) is 8.52. The van der Waals surface area contributed by atoms with Gasteiger partial charge in [0, 0.05) is 24.7 Å². The van der Waals surface area contributed by atoms with Gasteiger partial charge in [0.2, 0.25) is 5.82 Å². The van der Waals surface area contributed by atoms with Crippen molar-refractivity contribution in [1.82, 2.24) is 14.3 Å². The van der Waals surface area contributed by atoms with Gasteiger partial charge in [-0.3, -0.25) is 19.7 Å². The molecular formula is C24H19F2N5O4. The topological polar surface area (TPSA) is 112 Å². The third-order valence-electron chi connectivity index (χ3n) is 6.00. The van der Waals surface area contributed by atoms with E-state index in [0.717, 1.165) is 4.57 Å². The normalized spacial score (nSPS) is 13.3. The summed E-state index contributed by atoms with van der Waals surface area (Å²) in [4.78, 5) is 37.1. The van der Waals surface area contributed by atoms with Gasteiger partial charge in [-0.1, -0.05) is 18.2 Å². The first-order chi connectivity index (χ1) is 16.7. The molecule has 178 valence electrons. The van der Waals surface area contributed by atoms with Crippen LogP contribution in [0.3, 0.4) is 0 Å². The first-order valence-corrected chi connectivity index (χ1v) is 10.8. The number of halogens is 2. The van der Waals surface area contributed by atoms with Gasteiger partial charge >= 0.3 is 0 Å². The van der Waals surface area contributed by atoms with Gasteiger partial charge < -0.3 is 9.88 Å². The Morgan fingerprint density at radius 2 is 1.86 bits per heavy atom. The van der Waals surface area contributed by atoms with E-state index in [1.807, 2.05) is 0 Å². The van der Waals surface area contributed by atoms with E-state index < -0.39 is 33.4 Å². The highest BCUT2D eigenvalue weighted by molar-refractivity contribution is 6.00. The fraction of sp³-hybridized carbons (Fsp3) is 0.208. The zero-order valence-corrected chi connectivity index (χ0v) is 18.7. The lowest BCUT2D eigenvalue weighted by Crippen LogP contribution is -2.30. The van der Waals surface area contributed by atoms with Gasteiger partial charge in [0.15, 0.2) is 0 Å². The lowest BCUT2D eigenvalue weighted by atomic mass is 10.1. The molecule has 2 aromatic heterocycles. The minimum absolute atomic E-state index is 0.0196. The Morgan fingerprint density at radius 3 is 2.51 bits per heavy atom. The minimum atomic E-state index is -1.25. The van der Waals surface area contributed by atoms with E-state index in [1.54, 1.807) is 19.1 Å². The Balaban J connectivity index is 1.89. The number of pyridine rings is 1. The molecule has 0 saturated heterocycles. The lowest BCUT2D eigenvalue weighted by Gasteiger charge is -2.18. The number of hydrogen-bond donors (Lipinski definition) is 1. The second kappa shape index (κ2) is 8.12. The van der Waals surface area contributed by atoms with Crippen LogP contribution in [0.25, 0.3) is 22.2 Å². The fourth-order valence-electron chi connectivity index (χ4n) is 4.05. The van der Waals surface area contributed by atoms with Crippen LogP contribution in [-0.2, 0) is 7.05 Å². The number of hydrogen-bond acceptors (Lipinski definition) is 6. The molecule has 0 amide bonds. The number of nitrogens with one attached hydrogen (secondary N) is 1. The van der Waals surface area contributed by atoms with Gasteiger partial charge in [0.25, 0.3) is 16.8 Å². The molecule has 0 unspecified atom stereocenters. The summed E-state index contributed by atoms with van der Waals surface area (Å²) in [7, 11) is 1.29. The first-order valence-electron chi connectivity index (χ1n) is 10.8. The van der Waals surface area contributed by atoms with Crippen molar-refractivity contribution < 1.29 is 13.7 Å². The number of aryl methyl sites for hydroxylation is 2. The molecule has 5 rings (SSSR count). The lowest BCUT2D eigenvalue weighted by molar-refractivity contribution is -0.384. The molecule has 1 N–H and O–H groups in total. The number of anilines is 2. The predicted octanol–water partition coefficient (Wildman–Crippen LogP) is 4.34. The molecule has 4 aromatic rings. The zero-order chi connectivity index (χ0) is 25.0. The van der Waals surface area contributed by atoms with Gasteiger partial charge in [-0.25, -0.2) is 9.07 Å². The molecule has 0 spiro atoms. The number of nitro groups is 1. The molecular weight excluding hydrogens is 460 g/mol. The number of fused-ring (bicyclic) bond motifs is 1. The van der Waals surface area contributed by atoms with Crippen LogP contribution in [-0.4, -0.2) is 19.3 Å². The van der Waals surface area contributed by atoms with Crippen LogP contribution in [0, 0.1) is 28.7 Å². The quantitative estimate of drug-likeness (QED) is 0.337. The molecule has 0 atom stereocenters. The number of rotatable bonds is 5. The Labute approximate surface area is 196 Å². The maximum absolute atomic E-state index is 15.3. The average Bonchev–Trinajstić information content (AvgIpc) is 3.67. The monoisotopic (exact) mass is 479 g/mol. The maximum atomic E-state index is 15.3. The number of benzene rings is 2. The van der Waals surface area contributed by atoms with Crippen LogP contribution in [0.1, 0.15) is 24.4 Å². The van der Waals surface area contributed by atoms with Crippen LogP contribution in [0.5, 0.6) is 0 Å². The van der Waals surface area contributed by atoms with Gasteiger partial charge in [0.05, 0.1) is 33.2 Å². The van der Waals surface area contributed by atoms with Crippen molar-refractivity contribution in [1.29, 1.82) is 0 Å². The summed E-state index contributed by atoms with van der Waals surface area (Å²) in [6.45, 7) is 1.69. The standard InChI is InChI=1S/C24H19F2N5O4/c1-12-6-9-17(16(25)10-12)27-21-18-22(29(2)24(33)19(21)26)20(28-30(23(18)32)14-7-8-14)13-4-3-5-15(11-13)31(34)35/h3-6,9-11,14,27H,7-8H2,1-2H3. The zero-order valence-electron chi connectivity index (χ0n) is 18.7. The summed E-state index contributed by atoms with van der Waals surface area (Å²) in [5.74, 6) is -1.94. The van der Waals surface area contributed by atoms with Crippen LogP contribution in [0.4, 0.5) is 25.8 Å². The van der Waals surface area contributed by atoms with Crippen molar-refractivity contribution in [3.05, 3.63) is 90.5 Å². The summed E-state index contributed by atoms with van der Waals surface area (Å²) in [5.41, 5.74) is -1.53. The number of nitro benzene ring substituents is 1. The Bertz CT molecular complexity index is 1660. The van der Waals surface area contributed by atoms with E-state index in [4.69, 9.17) is 0 Å². The smallest absolute Gasteiger partial charge is 0.289 e. The van der Waals surface area contributed by atoms with Crippen LogP contribution < -0.4 is 16.4 Å². The van der Waals surface area contributed by atoms with Gasteiger partial charge in [-0.15, -0.1) is 0 Å². The van der Waals surface area contributed by atoms with Crippen molar-refractivity contribution in [2.45, 2.75) is 25.8 Å². The van der Waals surface area contributed by atoms with Crippen molar-refractivity contribution in [3.8, 4) is 11.3 Å². The van der Waals surface area contributed by atoms with Crippen molar-refractivity contribution in [2.75, 3.05) is 5.32 Å². The molecule has 11 heteroatoms. The third-order valence-corrected chi connectivity index (χ3v) is 6.00. The molecule has 1 aliphatic rings. The molecule has 2 aromatic carbocycles. The Kier molecular flexibility index (Phi) is 5.19. The molecule has 2 heterocycles. The van der Waals surface area contributed by atoms with Gasteiger partial charge in [0.1, 0.15) is 11.5 Å². The largest absolute Gasteiger partial charge is 0.350 e. The highest BCUT2D eigenvalue weighted by Gasteiger charge is 2.31. The summed E-state index contributed by atoms with van der Waals surface area (Å²) >= 11 is 0. The van der Waals surface area contributed by atoms with Crippen LogP contribution in [0.2, 0.25) is 0 Å². The van der Waals surface area contributed by atoms with Gasteiger partial charge in [-0.05, 0) is 37.5 Å². The van der Waals surface area contributed by atoms with E-state index in [1.165, 1.54) is 42.1 Å². The molecule has 1 saturated carbocycles. The summed E-state index contributed by atoms with van der Waals surface area (Å²) in [5, 5.41) is 18.2. The maximum Gasteiger partial charge on any atom is 0.289 e. The molecule has 35 heavy (non-hydrogen) atoms. The highest BCUT2D eigenvalue weighted by atomic mass is 19.1. The summed E-state index contributed by atoms with van der Waals surface area (Å²) < 4.78 is 32.1. The number of nitrogens with zero attached hydrogens (tertiary/aromatic N) is 4. The van der Waals surface area contributed by atoms with Crippen molar-refractivity contribution in [3.63, 3.8) is 0 Å². The molecule has 9 nitrogen and oxygen atoms in total. The molecule has 0 aliphatic heterocycles. The van der Waals surface area contributed by atoms with E-state index >= 15 is 4.39 Å². The molecule has 1 fully saturated rings. The van der Waals surface area contributed by atoms with E-state index in [9.17, 15) is 24.1 Å². The molecule has 0 radical (unpaired) electrons. The minimum Gasteiger partial charge on any atom is -0.350 e. The highest BCUT2D eigenvalue weighted by Crippen LogP contribution is 2.37. The van der Waals surface area contributed by atoms with E-state index in [2.05, 4.69) is 10.4 Å². The third kappa shape index (κ3) is 3.74. The summed E-state index contributed by atoms with van der Waals surface area (Å²) in [6, 6.07) is 9.57.